The molecule has 1 saturated heterocycles. The second-order valence-corrected chi connectivity index (χ2v) is 6.32. The van der Waals surface area contributed by atoms with Crippen LogP contribution in [-0.4, -0.2) is 36.5 Å². The van der Waals surface area contributed by atoms with Gasteiger partial charge in [0.25, 0.3) is 0 Å². The van der Waals surface area contributed by atoms with Gasteiger partial charge in [0.15, 0.2) is 0 Å². The average Bonchev–Trinajstić information content (AvgIpc) is 2.89. The second-order valence-electron chi connectivity index (χ2n) is 5.29. The van der Waals surface area contributed by atoms with E-state index < -0.39 is 6.03 Å². The number of carbonyl (C=O) groups is 2. The van der Waals surface area contributed by atoms with Crippen molar-refractivity contribution < 1.29 is 9.59 Å². The van der Waals surface area contributed by atoms with Crippen LogP contribution in [0.2, 0.25) is 0 Å². The number of nitrogens with one attached hydrogen (secondary N) is 2. The standard InChI is InChI=1S/C14H21N3O2S/c1-11-4-2-6-17(9-11)10-13(18)16-14(19)15-8-12-5-3-7-20-12/h3,5,7,11H,2,4,6,8-10H2,1H3,(H2,15,16,18,19)/t11-/m1/s1. The van der Waals surface area contributed by atoms with Gasteiger partial charge in [-0.15, -0.1) is 11.3 Å². The minimum atomic E-state index is -0.423. The number of carbonyl (C=O) groups excluding carboxylic acids is 2. The fourth-order valence-electron chi connectivity index (χ4n) is 2.42. The number of imide groups is 1. The van der Waals surface area contributed by atoms with Gasteiger partial charge in [-0.25, -0.2) is 4.79 Å². The highest BCUT2D eigenvalue weighted by molar-refractivity contribution is 7.09. The molecule has 0 unspecified atom stereocenters. The quantitative estimate of drug-likeness (QED) is 0.890. The molecule has 110 valence electrons. The first-order valence-corrected chi connectivity index (χ1v) is 7.84. The summed E-state index contributed by atoms with van der Waals surface area (Å²) in [4.78, 5) is 26.6. The van der Waals surface area contributed by atoms with Gasteiger partial charge in [0.2, 0.25) is 5.91 Å². The Morgan fingerprint density at radius 3 is 3.05 bits per heavy atom. The van der Waals surface area contributed by atoms with Gasteiger partial charge in [0.1, 0.15) is 0 Å². The zero-order chi connectivity index (χ0) is 14.4. The van der Waals surface area contributed by atoms with Crippen molar-refractivity contribution in [1.82, 2.24) is 15.5 Å². The monoisotopic (exact) mass is 295 g/mol. The van der Waals surface area contributed by atoms with E-state index in [9.17, 15) is 9.59 Å². The molecule has 0 radical (unpaired) electrons. The summed E-state index contributed by atoms with van der Waals surface area (Å²) < 4.78 is 0. The molecule has 0 saturated carbocycles. The molecule has 2 heterocycles. The molecule has 1 aromatic heterocycles. The normalized spacial score (nSPS) is 19.6. The predicted octanol–water partition coefficient (Wildman–Crippen LogP) is 1.81. The van der Waals surface area contributed by atoms with E-state index in [1.807, 2.05) is 17.5 Å². The van der Waals surface area contributed by atoms with Crippen LogP contribution in [0.4, 0.5) is 4.79 Å². The van der Waals surface area contributed by atoms with Crippen LogP contribution < -0.4 is 10.6 Å². The number of piperidine rings is 1. The Kier molecular flexibility index (Phi) is 5.55. The zero-order valence-corrected chi connectivity index (χ0v) is 12.5. The van der Waals surface area contributed by atoms with Crippen LogP contribution in [0.3, 0.4) is 0 Å². The van der Waals surface area contributed by atoms with Crippen molar-refractivity contribution in [3.05, 3.63) is 22.4 Å². The Bertz CT molecular complexity index is 447. The molecule has 1 aromatic rings. The van der Waals surface area contributed by atoms with Crippen molar-refractivity contribution in [3.8, 4) is 0 Å². The SMILES string of the molecule is C[C@@H]1CCCN(CC(=O)NC(=O)NCc2cccs2)C1. The molecule has 20 heavy (non-hydrogen) atoms. The highest BCUT2D eigenvalue weighted by Crippen LogP contribution is 2.14. The largest absolute Gasteiger partial charge is 0.333 e. The molecule has 5 nitrogen and oxygen atoms in total. The Morgan fingerprint density at radius 2 is 2.35 bits per heavy atom. The lowest BCUT2D eigenvalue weighted by molar-refractivity contribution is -0.121. The Labute approximate surface area is 123 Å². The van der Waals surface area contributed by atoms with Gasteiger partial charge in [0, 0.05) is 11.4 Å². The topological polar surface area (TPSA) is 61.4 Å². The van der Waals surface area contributed by atoms with Gasteiger partial charge < -0.3 is 5.32 Å². The summed E-state index contributed by atoms with van der Waals surface area (Å²) >= 11 is 1.58. The summed E-state index contributed by atoms with van der Waals surface area (Å²) in [5, 5.41) is 7.02. The maximum atomic E-state index is 11.8. The third-order valence-corrected chi connectivity index (χ3v) is 4.24. The summed E-state index contributed by atoms with van der Waals surface area (Å²) in [5.41, 5.74) is 0. The lowest BCUT2D eigenvalue weighted by Gasteiger charge is -2.29. The number of thiophene rings is 1. The summed E-state index contributed by atoms with van der Waals surface area (Å²) in [6.45, 7) is 4.82. The van der Waals surface area contributed by atoms with Gasteiger partial charge in [0.05, 0.1) is 13.1 Å². The molecule has 1 atom stereocenters. The summed E-state index contributed by atoms with van der Waals surface area (Å²) in [5.74, 6) is 0.395. The van der Waals surface area contributed by atoms with E-state index in [1.165, 1.54) is 6.42 Å². The third-order valence-electron chi connectivity index (χ3n) is 3.36. The minimum Gasteiger partial charge on any atom is -0.333 e. The lowest BCUT2D eigenvalue weighted by atomic mass is 10.0. The third kappa shape index (κ3) is 4.94. The predicted molar refractivity (Wildman–Crippen MR) is 79.5 cm³/mol. The number of nitrogens with zero attached hydrogens (tertiary/aromatic N) is 1. The average molecular weight is 295 g/mol. The van der Waals surface area contributed by atoms with Crippen molar-refractivity contribution in [3.63, 3.8) is 0 Å². The molecule has 0 aromatic carbocycles. The van der Waals surface area contributed by atoms with Gasteiger partial charge >= 0.3 is 6.03 Å². The van der Waals surface area contributed by atoms with E-state index in [4.69, 9.17) is 0 Å². The molecule has 0 aliphatic carbocycles. The van der Waals surface area contributed by atoms with Crippen molar-refractivity contribution in [2.24, 2.45) is 5.92 Å². The fourth-order valence-corrected chi connectivity index (χ4v) is 3.07. The summed E-state index contributed by atoms with van der Waals surface area (Å²) in [6, 6.07) is 3.46. The molecule has 1 aliphatic heterocycles. The molecule has 1 fully saturated rings. The summed E-state index contributed by atoms with van der Waals surface area (Å²) in [7, 11) is 0. The summed E-state index contributed by atoms with van der Waals surface area (Å²) in [6.07, 6.45) is 2.35. The van der Waals surface area contributed by atoms with Crippen molar-refractivity contribution in [1.29, 1.82) is 0 Å². The van der Waals surface area contributed by atoms with Crippen molar-refractivity contribution in [2.75, 3.05) is 19.6 Å². The van der Waals surface area contributed by atoms with Crippen LogP contribution >= 0.6 is 11.3 Å². The van der Waals surface area contributed by atoms with Crippen molar-refractivity contribution in [2.45, 2.75) is 26.3 Å². The number of urea groups is 1. The second kappa shape index (κ2) is 7.40. The van der Waals surface area contributed by atoms with E-state index in [0.29, 0.717) is 19.0 Å². The van der Waals surface area contributed by atoms with E-state index in [0.717, 1.165) is 24.4 Å². The number of hydrogen-bond donors (Lipinski definition) is 2. The zero-order valence-electron chi connectivity index (χ0n) is 11.7. The van der Waals surface area contributed by atoms with Gasteiger partial charge in [-0.3, -0.25) is 15.0 Å². The smallest absolute Gasteiger partial charge is 0.321 e. The number of amides is 3. The molecule has 3 amide bonds. The molecule has 6 heteroatoms. The van der Waals surface area contributed by atoms with E-state index in [1.54, 1.807) is 11.3 Å². The van der Waals surface area contributed by atoms with Crippen LogP contribution in [-0.2, 0) is 11.3 Å². The maximum Gasteiger partial charge on any atom is 0.321 e. The molecule has 1 aliphatic rings. The highest BCUT2D eigenvalue weighted by atomic mass is 32.1. The Morgan fingerprint density at radius 1 is 1.50 bits per heavy atom. The van der Waals surface area contributed by atoms with Crippen LogP contribution in [0.1, 0.15) is 24.6 Å². The van der Waals surface area contributed by atoms with Gasteiger partial charge in [-0.2, -0.15) is 0 Å². The van der Waals surface area contributed by atoms with E-state index >= 15 is 0 Å². The number of likely N-dealkylation sites (tertiary alicyclic amines) is 1. The van der Waals surface area contributed by atoms with Crippen LogP contribution in [0, 0.1) is 5.92 Å². The van der Waals surface area contributed by atoms with Crippen LogP contribution in [0.5, 0.6) is 0 Å². The highest BCUT2D eigenvalue weighted by Gasteiger charge is 2.19. The van der Waals surface area contributed by atoms with Gasteiger partial charge in [-0.1, -0.05) is 13.0 Å². The molecular formula is C14H21N3O2S. The van der Waals surface area contributed by atoms with Gasteiger partial charge in [-0.05, 0) is 36.8 Å². The fraction of sp³-hybridized carbons (Fsp3) is 0.571. The Hall–Kier alpha value is -1.40. The molecule has 2 N–H and O–H groups in total. The number of hydrogen-bond acceptors (Lipinski definition) is 4. The Balaban J connectivity index is 1.67. The first-order chi connectivity index (χ1) is 9.63. The maximum absolute atomic E-state index is 11.8. The lowest BCUT2D eigenvalue weighted by Crippen LogP contribution is -2.46. The molecule has 0 spiro atoms. The van der Waals surface area contributed by atoms with Crippen LogP contribution in [0.25, 0.3) is 0 Å². The van der Waals surface area contributed by atoms with E-state index in [-0.39, 0.29) is 5.91 Å². The first kappa shape index (κ1) is 15.0. The van der Waals surface area contributed by atoms with Crippen LogP contribution in [0.15, 0.2) is 17.5 Å². The van der Waals surface area contributed by atoms with E-state index in [2.05, 4.69) is 22.5 Å². The first-order valence-electron chi connectivity index (χ1n) is 6.96. The molecule has 0 bridgehead atoms. The number of rotatable bonds is 4. The van der Waals surface area contributed by atoms with Crippen molar-refractivity contribution >= 4 is 23.3 Å². The minimum absolute atomic E-state index is 0.234. The molecule has 2 rings (SSSR count). The molecular weight excluding hydrogens is 274 g/mol.